The molecule has 0 atom stereocenters. The third-order valence-electron chi connectivity index (χ3n) is 4.75. The molecule has 154 valence electrons. The number of aliphatic imine (C=N–C) groups is 1. The summed E-state index contributed by atoms with van der Waals surface area (Å²) < 4.78 is 13.7. The van der Waals surface area contributed by atoms with Crippen LogP contribution in [-0.2, 0) is 17.8 Å². The zero-order valence-electron chi connectivity index (χ0n) is 16.7. The predicted octanol–water partition coefficient (Wildman–Crippen LogP) is 2.06. The molecule has 3 rings (SSSR count). The molecule has 1 saturated heterocycles. The average molecular weight is 397 g/mol. The molecule has 1 amide bonds. The molecule has 2 aromatic carbocycles. The lowest BCUT2D eigenvalue weighted by Crippen LogP contribution is -2.47. The Balaban J connectivity index is 1.53. The van der Waals surface area contributed by atoms with E-state index in [2.05, 4.69) is 25.8 Å². The van der Waals surface area contributed by atoms with Crippen molar-refractivity contribution in [3.63, 3.8) is 0 Å². The van der Waals surface area contributed by atoms with E-state index in [0.717, 1.165) is 24.3 Å². The number of amides is 1. The number of carbonyl (C=O) groups excluding carboxylic acids is 1. The van der Waals surface area contributed by atoms with Crippen LogP contribution >= 0.6 is 0 Å². The number of piperazine rings is 1. The summed E-state index contributed by atoms with van der Waals surface area (Å²) in [4.78, 5) is 18.2. The van der Waals surface area contributed by atoms with Gasteiger partial charge in [-0.05, 0) is 42.7 Å². The number of nitrogens with one attached hydrogen (secondary N) is 3. The van der Waals surface area contributed by atoms with E-state index >= 15 is 0 Å². The van der Waals surface area contributed by atoms with E-state index in [1.807, 2.05) is 37.3 Å². The van der Waals surface area contributed by atoms with E-state index in [4.69, 9.17) is 0 Å². The Morgan fingerprint density at radius 1 is 1.17 bits per heavy atom. The second kappa shape index (κ2) is 10.5. The SMILES string of the molecule is CCNC(=NCc1ccc(N2CCNC(=O)C2)cc1)NCCc1ccccc1F. The van der Waals surface area contributed by atoms with Crippen LogP contribution < -0.4 is 20.9 Å². The van der Waals surface area contributed by atoms with Crippen molar-refractivity contribution in [1.82, 2.24) is 16.0 Å². The van der Waals surface area contributed by atoms with Gasteiger partial charge in [0.05, 0.1) is 13.1 Å². The number of halogens is 1. The normalized spacial score (nSPS) is 14.5. The first-order valence-corrected chi connectivity index (χ1v) is 10.0. The van der Waals surface area contributed by atoms with Crippen LogP contribution in [0.15, 0.2) is 53.5 Å². The predicted molar refractivity (Wildman–Crippen MR) is 115 cm³/mol. The minimum atomic E-state index is -0.178. The van der Waals surface area contributed by atoms with Gasteiger partial charge in [-0.2, -0.15) is 0 Å². The molecule has 0 radical (unpaired) electrons. The number of hydrogen-bond donors (Lipinski definition) is 3. The van der Waals surface area contributed by atoms with Gasteiger partial charge >= 0.3 is 0 Å². The lowest BCUT2D eigenvalue weighted by atomic mass is 10.1. The van der Waals surface area contributed by atoms with Crippen molar-refractivity contribution in [2.45, 2.75) is 19.9 Å². The lowest BCUT2D eigenvalue weighted by molar-refractivity contribution is -0.120. The summed E-state index contributed by atoms with van der Waals surface area (Å²) in [7, 11) is 0. The maximum absolute atomic E-state index is 13.7. The third-order valence-corrected chi connectivity index (χ3v) is 4.75. The monoisotopic (exact) mass is 397 g/mol. The van der Waals surface area contributed by atoms with Gasteiger partial charge in [0.2, 0.25) is 5.91 Å². The van der Waals surface area contributed by atoms with Gasteiger partial charge in [0.15, 0.2) is 5.96 Å². The molecule has 0 aliphatic carbocycles. The Kier molecular flexibility index (Phi) is 7.44. The molecule has 0 saturated carbocycles. The average Bonchev–Trinajstić information content (AvgIpc) is 2.74. The zero-order chi connectivity index (χ0) is 20.5. The van der Waals surface area contributed by atoms with Crippen LogP contribution in [0.1, 0.15) is 18.1 Å². The first-order chi connectivity index (χ1) is 14.2. The van der Waals surface area contributed by atoms with Gasteiger partial charge in [0.1, 0.15) is 5.82 Å². The Hall–Kier alpha value is -3.09. The second-order valence-electron chi connectivity index (χ2n) is 6.90. The summed E-state index contributed by atoms with van der Waals surface area (Å²) in [6, 6.07) is 15.0. The number of carbonyl (C=O) groups is 1. The fraction of sp³-hybridized carbons (Fsp3) is 0.364. The van der Waals surface area contributed by atoms with Crippen LogP contribution in [0.2, 0.25) is 0 Å². The Labute approximate surface area is 171 Å². The topological polar surface area (TPSA) is 68.8 Å². The smallest absolute Gasteiger partial charge is 0.239 e. The number of hydrogen-bond acceptors (Lipinski definition) is 3. The largest absolute Gasteiger partial charge is 0.360 e. The fourth-order valence-corrected chi connectivity index (χ4v) is 3.20. The van der Waals surface area contributed by atoms with Crippen LogP contribution in [-0.4, -0.2) is 44.6 Å². The van der Waals surface area contributed by atoms with E-state index in [9.17, 15) is 9.18 Å². The molecule has 29 heavy (non-hydrogen) atoms. The molecule has 0 spiro atoms. The highest BCUT2D eigenvalue weighted by Crippen LogP contribution is 2.16. The highest BCUT2D eigenvalue weighted by molar-refractivity contribution is 5.82. The molecule has 2 aromatic rings. The van der Waals surface area contributed by atoms with E-state index in [0.29, 0.717) is 44.1 Å². The van der Waals surface area contributed by atoms with Crippen LogP contribution in [0, 0.1) is 5.82 Å². The molecule has 7 heteroatoms. The zero-order valence-corrected chi connectivity index (χ0v) is 16.7. The van der Waals surface area contributed by atoms with Crippen molar-refractivity contribution in [1.29, 1.82) is 0 Å². The quantitative estimate of drug-likeness (QED) is 0.494. The summed E-state index contributed by atoms with van der Waals surface area (Å²) in [5.74, 6) is 0.588. The third kappa shape index (κ3) is 6.20. The first-order valence-electron chi connectivity index (χ1n) is 10.0. The van der Waals surface area contributed by atoms with Gasteiger partial charge in [-0.25, -0.2) is 9.38 Å². The molecule has 1 aliphatic rings. The van der Waals surface area contributed by atoms with E-state index in [1.165, 1.54) is 6.07 Å². The van der Waals surface area contributed by atoms with Gasteiger partial charge in [0.25, 0.3) is 0 Å². The molecule has 0 bridgehead atoms. The van der Waals surface area contributed by atoms with E-state index in [-0.39, 0.29) is 11.7 Å². The minimum Gasteiger partial charge on any atom is -0.360 e. The summed E-state index contributed by atoms with van der Waals surface area (Å²) in [6.07, 6.45) is 0.592. The van der Waals surface area contributed by atoms with Gasteiger partial charge < -0.3 is 20.9 Å². The van der Waals surface area contributed by atoms with Gasteiger partial charge in [-0.1, -0.05) is 30.3 Å². The summed E-state index contributed by atoms with van der Waals surface area (Å²) in [5, 5.41) is 9.30. The van der Waals surface area contributed by atoms with Crippen molar-refractivity contribution in [2.75, 3.05) is 37.6 Å². The molecule has 0 aromatic heterocycles. The molecular weight excluding hydrogens is 369 g/mol. The maximum atomic E-state index is 13.7. The Bertz CT molecular complexity index is 837. The van der Waals surface area contributed by atoms with Crippen LogP contribution in [0.25, 0.3) is 0 Å². The molecule has 3 N–H and O–H groups in total. The number of rotatable bonds is 7. The second-order valence-corrected chi connectivity index (χ2v) is 6.90. The van der Waals surface area contributed by atoms with E-state index < -0.39 is 0 Å². The Morgan fingerprint density at radius 2 is 1.97 bits per heavy atom. The van der Waals surface area contributed by atoms with Crippen molar-refractivity contribution in [3.05, 3.63) is 65.5 Å². The molecule has 1 aliphatic heterocycles. The van der Waals surface area contributed by atoms with Gasteiger partial charge in [-0.3, -0.25) is 4.79 Å². The number of benzene rings is 2. The van der Waals surface area contributed by atoms with Crippen molar-refractivity contribution >= 4 is 17.6 Å². The molecule has 1 heterocycles. The molecule has 0 unspecified atom stereocenters. The summed E-state index contributed by atoms with van der Waals surface area (Å²) >= 11 is 0. The number of guanidine groups is 1. The van der Waals surface area contributed by atoms with Crippen molar-refractivity contribution < 1.29 is 9.18 Å². The molecule has 6 nitrogen and oxygen atoms in total. The highest BCUT2D eigenvalue weighted by Gasteiger charge is 2.16. The van der Waals surface area contributed by atoms with Gasteiger partial charge in [0, 0.05) is 31.9 Å². The van der Waals surface area contributed by atoms with Crippen molar-refractivity contribution in [3.8, 4) is 0 Å². The minimum absolute atomic E-state index is 0.0571. The first kappa shape index (κ1) is 20.6. The van der Waals surface area contributed by atoms with E-state index in [1.54, 1.807) is 12.1 Å². The Morgan fingerprint density at radius 3 is 2.69 bits per heavy atom. The lowest BCUT2D eigenvalue weighted by Gasteiger charge is -2.28. The standard InChI is InChI=1S/C22H28FN5O/c1-2-24-22(26-12-11-18-5-3-4-6-20(18)23)27-15-17-7-9-19(10-8-17)28-14-13-25-21(29)16-28/h3-10H,2,11-16H2,1H3,(H,25,29)(H2,24,26,27). The van der Waals surface area contributed by atoms with Crippen molar-refractivity contribution in [2.24, 2.45) is 4.99 Å². The summed E-state index contributed by atoms with van der Waals surface area (Å²) in [6.45, 7) is 5.79. The fourth-order valence-electron chi connectivity index (χ4n) is 3.20. The van der Waals surface area contributed by atoms with Crippen LogP contribution in [0.4, 0.5) is 10.1 Å². The molecular formula is C22H28FN5O. The number of nitrogens with zero attached hydrogens (tertiary/aromatic N) is 2. The molecule has 1 fully saturated rings. The highest BCUT2D eigenvalue weighted by atomic mass is 19.1. The summed E-state index contributed by atoms with van der Waals surface area (Å²) in [5.41, 5.74) is 2.82. The van der Waals surface area contributed by atoms with Crippen LogP contribution in [0.3, 0.4) is 0 Å². The van der Waals surface area contributed by atoms with Crippen LogP contribution in [0.5, 0.6) is 0 Å². The maximum Gasteiger partial charge on any atom is 0.239 e. The number of anilines is 1. The van der Waals surface area contributed by atoms with Gasteiger partial charge in [-0.15, -0.1) is 0 Å².